The first-order chi connectivity index (χ1) is 11.5. The van der Waals surface area contributed by atoms with Crippen LogP contribution in [0.2, 0.25) is 0 Å². The zero-order chi connectivity index (χ0) is 17.5. The molecule has 0 aromatic heterocycles. The summed E-state index contributed by atoms with van der Waals surface area (Å²) in [5.41, 5.74) is 3.23. The van der Waals surface area contributed by atoms with E-state index in [-0.39, 0.29) is 17.9 Å². The normalized spacial score (nSPS) is 10.6. The van der Waals surface area contributed by atoms with E-state index in [4.69, 9.17) is 0 Å². The number of rotatable bonds is 5. The van der Waals surface area contributed by atoms with Gasteiger partial charge in [0.2, 0.25) is 0 Å². The van der Waals surface area contributed by atoms with Gasteiger partial charge in [0.15, 0.2) is 0 Å². The van der Waals surface area contributed by atoms with Crippen LogP contribution in [0.4, 0.5) is 4.39 Å². The van der Waals surface area contributed by atoms with Crippen LogP contribution >= 0.6 is 22.6 Å². The Morgan fingerprint density at radius 1 is 1.21 bits per heavy atom. The number of hydrazone groups is 1. The number of phenolic OH excluding ortho intramolecular Hbond substituents is 1. The minimum Gasteiger partial charge on any atom is -0.507 e. The second-order valence-corrected chi connectivity index (χ2v) is 5.86. The van der Waals surface area contributed by atoms with Crippen molar-refractivity contribution in [2.45, 2.75) is 0 Å². The summed E-state index contributed by atoms with van der Waals surface area (Å²) in [6.07, 6.45) is 1.42. The van der Waals surface area contributed by atoms with Crippen molar-refractivity contribution in [3.05, 3.63) is 63.0 Å². The Morgan fingerprint density at radius 2 is 1.92 bits per heavy atom. The summed E-state index contributed by atoms with van der Waals surface area (Å²) < 4.78 is 13.4. The Bertz CT molecular complexity index is 779. The lowest BCUT2D eigenvalue weighted by atomic mass is 10.2. The third-order valence-corrected chi connectivity index (χ3v) is 3.75. The Labute approximate surface area is 150 Å². The molecule has 6 nitrogen and oxygen atoms in total. The van der Waals surface area contributed by atoms with E-state index in [0.717, 1.165) is 12.1 Å². The molecule has 0 saturated carbocycles. The van der Waals surface area contributed by atoms with Crippen LogP contribution in [-0.2, 0) is 4.79 Å². The molecule has 2 amide bonds. The number of hydrogen-bond donors (Lipinski definition) is 3. The maximum absolute atomic E-state index is 12.8. The quantitative estimate of drug-likeness (QED) is 0.377. The van der Waals surface area contributed by atoms with Gasteiger partial charge in [-0.3, -0.25) is 9.59 Å². The van der Waals surface area contributed by atoms with Gasteiger partial charge in [0, 0.05) is 5.56 Å². The molecule has 2 rings (SSSR count). The first kappa shape index (κ1) is 17.9. The van der Waals surface area contributed by atoms with Crippen molar-refractivity contribution in [3.63, 3.8) is 0 Å². The molecule has 24 heavy (non-hydrogen) atoms. The van der Waals surface area contributed by atoms with Crippen LogP contribution < -0.4 is 10.7 Å². The lowest BCUT2D eigenvalue weighted by Gasteiger charge is -2.04. The number of phenols is 1. The predicted octanol–water partition coefficient (Wildman–Crippen LogP) is 2.02. The summed E-state index contributed by atoms with van der Waals surface area (Å²) in [6.45, 7) is -0.263. The van der Waals surface area contributed by atoms with Gasteiger partial charge in [-0.1, -0.05) is 0 Å². The van der Waals surface area contributed by atoms with E-state index in [1.54, 1.807) is 12.1 Å². The second kappa shape index (κ2) is 8.39. The van der Waals surface area contributed by atoms with Gasteiger partial charge in [0.25, 0.3) is 11.8 Å². The van der Waals surface area contributed by atoms with Crippen molar-refractivity contribution in [1.82, 2.24) is 10.7 Å². The molecule has 0 unspecified atom stereocenters. The summed E-state index contributed by atoms with van der Waals surface area (Å²) in [5.74, 6) is -1.26. The van der Waals surface area contributed by atoms with Crippen molar-refractivity contribution in [1.29, 1.82) is 0 Å². The van der Waals surface area contributed by atoms with Crippen molar-refractivity contribution in [3.8, 4) is 5.75 Å². The third kappa shape index (κ3) is 5.30. The summed E-state index contributed by atoms with van der Waals surface area (Å²) in [6, 6.07) is 9.84. The molecule has 0 fully saturated rings. The maximum atomic E-state index is 12.8. The van der Waals surface area contributed by atoms with Gasteiger partial charge in [0.1, 0.15) is 11.6 Å². The smallest absolute Gasteiger partial charge is 0.259 e. The lowest BCUT2D eigenvalue weighted by Crippen LogP contribution is -2.34. The molecule has 3 N–H and O–H groups in total. The highest BCUT2D eigenvalue weighted by molar-refractivity contribution is 14.1. The Hall–Kier alpha value is -2.49. The molecule has 0 spiro atoms. The number of nitrogens with zero attached hydrogens (tertiary/aromatic N) is 1. The maximum Gasteiger partial charge on any atom is 0.259 e. The number of hydrogen-bond acceptors (Lipinski definition) is 4. The average molecular weight is 441 g/mol. The van der Waals surface area contributed by atoms with Crippen molar-refractivity contribution >= 4 is 40.6 Å². The van der Waals surface area contributed by atoms with Gasteiger partial charge in [-0.15, -0.1) is 0 Å². The number of aromatic hydroxyl groups is 1. The van der Waals surface area contributed by atoms with E-state index in [0.29, 0.717) is 9.13 Å². The standard InChI is InChI=1S/C16H13FIN3O3/c17-12-4-2-11(3-5-12)16(24)19-9-15(23)21-20-8-10-1-6-14(22)13(18)7-10/h1-8,22H,9H2,(H,19,24)(H,21,23)/b20-8+. The molecule has 0 aliphatic heterocycles. The summed E-state index contributed by atoms with van der Waals surface area (Å²) in [4.78, 5) is 23.4. The highest BCUT2D eigenvalue weighted by atomic mass is 127. The number of benzene rings is 2. The van der Waals surface area contributed by atoms with E-state index < -0.39 is 17.6 Å². The van der Waals surface area contributed by atoms with E-state index in [1.807, 2.05) is 22.6 Å². The molecule has 124 valence electrons. The monoisotopic (exact) mass is 441 g/mol. The minimum atomic E-state index is -0.504. The molecule has 0 atom stereocenters. The van der Waals surface area contributed by atoms with Crippen LogP contribution in [0.15, 0.2) is 47.6 Å². The number of amides is 2. The van der Waals surface area contributed by atoms with Crippen LogP contribution in [0.3, 0.4) is 0 Å². The Kier molecular flexibility index (Phi) is 6.24. The van der Waals surface area contributed by atoms with Gasteiger partial charge in [0.05, 0.1) is 16.3 Å². The van der Waals surface area contributed by atoms with Crippen LogP contribution in [0.5, 0.6) is 5.75 Å². The van der Waals surface area contributed by atoms with Crippen LogP contribution in [0.1, 0.15) is 15.9 Å². The predicted molar refractivity (Wildman–Crippen MR) is 95.3 cm³/mol. The number of carbonyl (C=O) groups is 2. The molecule has 0 saturated heterocycles. The van der Waals surface area contributed by atoms with Crippen molar-refractivity contribution in [2.75, 3.05) is 6.54 Å². The molecule has 0 radical (unpaired) electrons. The molecular weight excluding hydrogens is 428 g/mol. The van der Waals surface area contributed by atoms with Gasteiger partial charge >= 0.3 is 0 Å². The van der Waals surface area contributed by atoms with Crippen molar-refractivity contribution < 1.29 is 19.1 Å². The van der Waals surface area contributed by atoms with E-state index >= 15 is 0 Å². The van der Waals surface area contributed by atoms with Crippen molar-refractivity contribution in [2.24, 2.45) is 5.10 Å². The topological polar surface area (TPSA) is 90.8 Å². The van der Waals surface area contributed by atoms with Crippen LogP contribution in [0.25, 0.3) is 0 Å². The first-order valence-corrected chi connectivity index (χ1v) is 7.88. The molecule has 0 aliphatic rings. The second-order valence-electron chi connectivity index (χ2n) is 4.69. The van der Waals surface area contributed by atoms with Gasteiger partial charge in [-0.05, 0) is 70.6 Å². The molecular formula is C16H13FIN3O3. The highest BCUT2D eigenvalue weighted by Gasteiger charge is 2.07. The summed E-state index contributed by atoms with van der Waals surface area (Å²) in [7, 11) is 0. The zero-order valence-corrected chi connectivity index (χ0v) is 14.5. The summed E-state index contributed by atoms with van der Waals surface area (Å²) in [5, 5.41) is 15.6. The fourth-order valence-corrected chi connectivity index (χ4v) is 2.23. The fraction of sp³-hybridized carbons (Fsp3) is 0.0625. The van der Waals surface area contributed by atoms with E-state index in [1.165, 1.54) is 24.4 Å². The largest absolute Gasteiger partial charge is 0.507 e. The van der Waals surface area contributed by atoms with Gasteiger partial charge < -0.3 is 10.4 Å². The average Bonchev–Trinajstić information content (AvgIpc) is 2.56. The van der Waals surface area contributed by atoms with Gasteiger partial charge in [-0.2, -0.15) is 5.10 Å². The number of carbonyl (C=O) groups excluding carboxylic acids is 2. The molecule has 0 bridgehead atoms. The number of nitrogens with one attached hydrogen (secondary N) is 2. The highest BCUT2D eigenvalue weighted by Crippen LogP contribution is 2.19. The lowest BCUT2D eigenvalue weighted by molar-refractivity contribution is -0.120. The third-order valence-electron chi connectivity index (χ3n) is 2.89. The molecule has 2 aromatic rings. The van der Waals surface area contributed by atoms with E-state index in [9.17, 15) is 19.1 Å². The zero-order valence-electron chi connectivity index (χ0n) is 12.3. The Morgan fingerprint density at radius 3 is 2.58 bits per heavy atom. The molecule has 2 aromatic carbocycles. The SMILES string of the molecule is O=C(CNC(=O)c1ccc(F)cc1)N/N=C/c1ccc(O)c(I)c1. The summed E-state index contributed by atoms with van der Waals surface area (Å²) >= 11 is 1.97. The number of halogens is 2. The minimum absolute atomic E-state index is 0.167. The molecule has 0 aliphatic carbocycles. The van der Waals surface area contributed by atoms with Gasteiger partial charge in [-0.25, -0.2) is 9.82 Å². The van der Waals surface area contributed by atoms with Crippen LogP contribution in [-0.4, -0.2) is 29.7 Å². The van der Waals surface area contributed by atoms with Crippen LogP contribution in [0, 0.1) is 9.39 Å². The Balaban J connectivity index is 1.80. The molecule has 0 heterocycles. The fourth-order valence-electron chi connectivity index (χ4n) is 1.69. The molecule has 8 heteroatoms. The van der Waals surface area contributed by atoms with E-state index in [2.05, 4.69) is 15.8 Å². The first-order valence-electron chi connectivity index (χ1n) is 6.80.